The van der Waals surface area contributed by atoms with E-state index in [1.54, 1.807) is 0 Å². The number of alkyl halides is 3. The highest BCUT2D eigenvalue weighted by molar-refractivity contribution is 5.76. The molecule has 1 fully saturated rings. The summed E-state index contributed by atoms with van der Waals surface area (Å²) in [7, 11) is 0. The number of hydrogen-bond acceptors (Lipinski definition) is 1. The average molecular weight is 224 g/mol. The van der Waals surface area contributed by atoms with Crippen LogP contribution in [0.1, 0.15) is 38.5 Å². The van der Waals surface area contributed by atoms with E-state index < -0.39 is 24.0 Å². The van der Waals surface area contributed by atoms with E-state index >= 15 is 0 Å². The van der Waals surface area contributed by atoms with Crippen LogP contribution in [0.4, 0.5) is 13.2 Å². The second kappa shape index (κ2) is 4.86. The van der Waals surface area contributed by atoms with Gasteiger partial charge in [-0.2, -0.15) is 8.78 Å². The predicted octanol–water partition coefficient (Wildman–Crippen LogP) is 3.01. The van der Waals surface area contributed by atoms with Gasteiger partial charge in [-0.05, 0) is 18.8 Å². The van der Waals surface area contributed by atoms with Gasteiger partial charge in [0.15, 0.2) is 6.17 Å². The van der Waals surface area contributed by atoms with Crippen LogP contribution in [0.5, 0.6) is 0 Å². The van der Waals surface area contributed by atoms with Gasteiger partial charge in [0.05, 0.1) is 0 Å². The molecule has 88 valence electrons. The molecule has 1 unspecified atom stereocenters. The van der Waals surface area contributed by atoms with E-state index in [0.29, 0.717) is 25.7 Å². The van der Waals surface area contributed by atoms with E-state index in [9.17, 15) is 18.0 Å². The van der Waals surface area contributed by atoms with Crippen molar-refractivity contribution in [2.75, 3.05) is 0 Å². The molecule has 2 nitrogen and oxygen atoms in total. The number of rotatable bonds is 3. The number of aliphatic carboxylic acids is 1. The van der Waals surface area contributed by atoms with E-state index in [1.807, 2.05) is 0 Å². The first-order valence-electron chi connectivity index (χ1n) is 5.21. The molecular formula is C10H15F3O2. The number of hydrogen-bond donors (Lipinski definition) is 1. The van der Waals surface area contributed by atoms with Gasteiger partial charge in [-0.15, -0.1) is 0 Å². The van der Waals surface area contributed by atoms with Crippen molar-refractivity contribution in [3.8, 4) is 0 Å². The molecule has 1 aliphatic carbocycles. The van der Waals surface area contributed by atoms with E-state index in [0.717, 1.165) is 12.8 Å². The van der Waals surface area contributed by atoms with Crippen molar-refractivity contribution in [2.45, 2.75) is 50.6 Å². The molecule has 1 aliphatic rings. The van der Waals surface area contributed by atoms with E-state index in [-0.39, 0.29) is 0 Å². The molecule has 1 saturated carbocycles. The van der Waals surface area contributed by atoms with Crippen LogP contribution in [-0.4, -0.2) is 23.2 Å². The fourth-order valence-corrected chi connectivity index (χ4v) is 2.02. The van der Waals surface area contributed by atoms with Crippen molar-refractivity contribution in [2.24, 2.45) is 5.92 Å². The Balaban J connectivity index is 2.64. The third kappa shape index (κ3) is 2.86. The lowest BCUT2D eigenvalue weighted by Gasteiger charge is -2.23. The van der Waals surface area contributed by atoms with Gasteiger partial charge in [0, 0.05) is 0 Å². The second-order valence-corrected chi connectivity index (χ2v) is 4.08. The summed E-state index contributed by atoms with van der Waals surface area (Å²) in [5.74, 6) is -7.41. The lowest BCUT2D eigenvalue weighted by molar-refractivity contribution is -0.179. The smallest absolute Gasteiger partial charge is 0.377 e. The molecule has 1 rings (SSSR count). The van der Waals surface area contributed by atoms with Gasteiger partial charge in [-0.3, -0.25) is 0 Å². The maximum absolute atomic E-state index is 13.4. The van der Waals surface area contributed by atoms with Crippen LogP contribution >= 0.6 is 0 Å². The topological polar surface area (TPSA) is 37.3 Å². The zero-order valence-corrected chi connectivity index (χ0v) is 8.39. The molecule has 0 heterocycles. The maximum Gasteiger partial charge on any atom is 0.377 e. The summed E-state index contributed by atoms with van der Waals surface area (Å²) in [6.07, 6.45) is 1.44. The van der Waals surface area contributed by atoms with Crippen molar-refractivity contribution in [3.05, 3.63) is 0 Å². The van der Waals surface area contributed by atoms with Crippen LogP contribution in [-0.2, 0) is 4.79 Å². The first kappa shape index (κ1) is 12.3. The third-order valence-corrected chi connectivity index (χ3v) is 2.95. The number of halogens is 3. The molecule has 0 aromatic carbocycles. The minimum absolute atomic E-state index is 0.365. The highest BCUT2D eigenvalue weighted by atomic mass is 19.3. The van der Waals surface area contributed by atoms with Crippen molar-refractivity contribution in [1.82, 2.24) is 0 Å². The van der Waals surface area contributed by atoms with Gasteiger partial charge in [-0.1, -0.05) is 25.7 Å². The van der Waals surface area contributed by atoms with Crippen molar-refractivity contribution in [3.63, 3.8) is 0 Å². The largest absolute Gasteiger partial charge is 0.477 e. The Morgan fingerprint density at radius 3 is 2.07 bits per heavy atom. The molecule has 1 atom stereocenters. The van der Waals surface area contributed by atoms with E-state index in [2.05, 4.69) is 0 Å². The summed E-state index contributed by atoms with van der Waals surface area (Å²) in [6.45, 7) is 0. The molecule has 15 heavy (non-hydrogen) atoms. The molecule has 0 bridgehead atoms. The summed E-state index contributed by atoms with van der Waals surface area (Å²) in [4.78, 5) is 10.2. The molecular weight excluding hydrogens is 209 g/mol. The number of carboxylic acids is 1. The van der Waals surface area contributed by atoms with Gasteiger partial charge in [0.1, 0.15) is 0 Å². The summed E-state index contributed by atoms with van der Waals surface area (Å²) >= 11 is 0. The van der Waals surface area contributed by atoms with Gasteiger partial charge < -0.3 is 5.11 Å². The van der Waals surface area contributed by atoms with E-state index in [4.69, 9.17) is 5.11 Å². The van der Waals surface area contributed by atoms with Gasteiger partial charge >= 0.3 is 11.9 Å². The Labute approximate surface area is 86.5 Å². The second-order valence-electron chi connectivity index (χ2n) is 4.08. The fourth-order valence-electron chi connectivity index (χ4n) is 2.02. The molecule has 0 radical (unpaired) electrons. The minimum atomic E-state index is -4.24. The Bertz CT molecular complexity index is 223. The number of carboxylic acid groups (broad SMARTS) is 1. The molecule has 0 saturated heterocycles. The lowest BCUT2D eigenvalue weighted by atomic mass is 9.91. The SMILES string of the molecule is O=C(O)C(F)(F)C(F)C1CCCCCC1. The first-order chi connectivity index (χ1) is 6.96. The molecule has 0 aromatic heterocycles. The Hall–Kier alpha value is -0.740. The predicted molar refractivity (Wildman–Crippen MR) is 48.7 cm³/mol. The first-order valence-corrected chi connectivity index (χ1v) is 5.21. The van der Waals surface area contributed by atoms with Crippen LogP contribution in [0.3, 0.4) is 0 Å². The van der Waals surface area contributed by atoms with Crippen molar-refractivity contribution in [1.29, 1.82) is 0 Å². The standard InChI is InChI=1S/C10H15F3O2/c11-8(10(12,13)9(14)15)7-5-3-1-2-4-6-7/h7-8H,1-6H2,(H,14,15). The van der Waals surface area contributed by atoms with Crippen molar-refractivity contribution >= 4 is 5.97 Å². The monoisotopic (exact) mass is 224 g/mol. The Kier molecular flexibility index (Phi) is 3.99. The maximum atomic E-state index is 13.4. The Morgan fingerprint density at radius 2 is 1.67 bits per heavy atom. The normalized spacial score (nSPS) is 22.1. The molecule has 0 amide bonds. The van der Waals surface area contributed by atoms with Gasteiger partial charge in [0.25, 0.3) is 0 Å². The summed E-state index contributed by atoms with van der Waals surface area (Å²) < 4.78 is 39.1. The average Bonchev–Trinajstić information content (AvgIpc) is 2.44. The zero-order chi connectivity index (χ0) is 11.5. The fraction of sp³-hybridized carbons (Fsp3) is 0.900. The van der Waals surface area contributed by atoms with Crippen LogP contribution < -0.4 is 0 Å². The van der Waals surface area contributed by atoms with Crippen LogP contribution in [0, 0.1) is 5.92 Å². The highest BCUT2D eigenvalue weighted by Crippen LogP contribution is 2.35. The van der Waals surface area contributed by atoms with Gasteiger partial charge in [-0.25, -0.2) is 9.18 Å². The Morgan fingerprint density at radius 1 is 1.20 bits per heavy atom. The lowest BCUT2D eigenvalue weighted by Crippen LogP contribution is -2.43. The van der Waals surface area contributed by atoms with Crippen molar-refractivity contribution < 1.29 is 23.1 Å². The molecule has 0 aromatic rings. The highest BCUT2D eigenvalue weighted by Gasteiger charge is 2.51. The molecule has 5 heteroatoms. The summed E-state index contributed by atoms with van der Waals surface area (Å²) in [5.41, 5.74) is 0. The van der Waals surface area contributed by atoms with Gasteiger partial charge in [0.2, 0.25) is 0 Å². The minimum Gasteiger partial charge on any atom is -0.477 e. The van der Waals surface area contributed by atoms with Crippen LogP contribution in [0.15, 0.2) is 0 Å². The number of carbonyl (C=O) groups is 1. The quantitative estimate of drug-likeness (QED) is 0.748. The molecule has 1 N–H and O–H groups in total. The zero-order valence-electron chi connectivity index (χ0n) is 8.39. The van der Waals surface area contributed by atoms with Crippen LogP contribution in [0.25, 0.3) is 0 Å². The summed E-state index contributed by atoms with van der Waals surface area (Å²) in [6, 6.07) is 0. The van der Waals surface area contributed by atoms with E-state index in [1.165, 1.54) is 0 Å². The molecule has 0 aliphatic heterocycles. The van der Waals surface area contributed by atoms with Crippen LogP contribution in [0.2, 0.25) is 0 Å². The third-order valence-electron chi connectivity index (χ3n) is 2.95. The molecule has 0 spiro atoms. The summed E-state index contributed by atoms with van der Waals surface area (Å²) in [5, 5.41) is 8.22.